The van der Waals surface area contributed by atoms with Crippen LogP contribution in [-0.2, 0) is 4.79 Å². The summed E-state index contributed by atoms with van der Waals surface area (Å²) in [5, 5.41) is 12.4. The fourth-order valence-electron chi connectivity index (χ4n) is 2.09. The molecule has 1 aliphatic carbocycles. The first-order chi connectivity index (χ1) is 5.86. The molecule has 0 aromatic heterocycles. The van der Waals surface area contributed by atoms with E-state index in [-0.39, 0.29) is 5.54 Å². The Morgan fingerprint density at radius 1 is 1.31 bits per heavy atom. The van der Waals surface area contributed by atoms with Crippen molar-refractivity contribution in [2.45, 2.75) is 57.5 Å². The van der Waals surface area contributed by atoms with Gasteiger partial charge in [0.1, 0.15) is 5.54 Å². The second-order valence-electron chi connectivity index (χ2n) is 4.97. The van der Waals surface area contributed by atoms with Gasteiger partial charge in [-0.1, -0.05) is 12.8 Å². The molecule has 0 spiro atoms. The average Bonchev–Trinajstić information content (AvgIpc) is 2.33. The predicted molar refractivity (Wildman–Crippen MR) is 51.7 cm³/mol. The third-order valence-electron chi connectivity index (χ3n) is 2.48. The number of hydrogen-bond acceptors (Lipinski definition) is 2. The summed E-state index contributed by atoms with van der Waals surface area (Å²) in [6.45, 7) is 6.03. The van der Waals surface area contributed by atoms with Crippen LogP contribution in [0.15, 0.2) is 0 Å². The highest BCUT2D eigenvalue weighted by molar-refractivity contribution is 5.79. The van der Waals surface area contributed by atoms with Gasteiger partial charge < -0.3 is 5.11 Å². The van der Waals surface area contributed by atoms with E-state index in [0.29, 0.717) is 0 Å². The van der Waals surface area contributed by atoms with Crippen molar-refractivity contribution in [2.75, 3.05) is 0 Å². The summed E-state index contributed by atoms with van der Waals surface area (Å²) in [6.07, 6.45) is 3.57. The van der Waals surface area contributed by atoms with Gasteiger partial charge in [-0.25, -0.2) is 0 Å². The molecule has 1 aliphatic rings. The first kappa shape index (κ1) is 10.5. The standard InChI is InChI=1S/C10H19NO2/c1-9(2,3)11-10(8(12)13)6-4-5-7-10/h11H,4-7H2,1-3H3,(H,12,13). The van der Waals surface area contributed by atoms with E-state index in [1.807, 2.05) is 20.8 Å². The molecule has 0 aromatic rings. The summed E-state index contributed by atoms with van der Waals surface area (Å²) in [6, 6.07) is 0. The average molecular weight is 185 g/mol. The monoisotopic (exact) mass is 185 g/mol. The van der Waals surface area contributed by atoms with E-state index in [4.69, 9.17) is 5.11 Å². The van der Waals surface area contributed by atoms with Crippen LogP contribution in [0, 0.1) is 0 Å². The van der Waals surface area contributed by atoms with Crippen LogP contribution in [0.1, 0.15) is 46.5 Å². The molecule has 0 aromatic carbocycles. The van der Waals surface area contributed by atoms with E-state index in [9.17, 15) is 4.79 Å². The van der Waals surface area contributed by atoms with Crippen molar-refractivity contribution in [3.63, 3.8) is 0 Å². The van der Waals surface area contributed by atoms with E-state index in [1.165, 1.54) is 0 Å². The summed E-state index contributed by atoms with van der Waals surface area (Å²) in [4.78, 5) is 11.1. The molecule has 0 saturated heterocycles. The molecule has 0 aliphatic heterocycles. The molecule has 1 fully saturated rings. The molecule has 1 rings (SSSR count). The molecule has 0 atom stereocenters. The van der Waals surface area contributed by atoms with Crippen molar-refractivity contribution in [3.8, 4) is 0 Å². The minimum absolute atomic E-state index is 0.122. The van der Waals surface area contributed by atoms with Gasteiger partial charge in [-0.05, 0) is 33.6 Å². The molecule has 0 unspecified atom stereocenters. The van der Waals surface area contributed by atoms with Gasteiger partial charge in [-0.15, -0.1) is 0 Å². The zero-order chi connectivity index (χ0) is 10.1. The Bertz CT molecular complexity index is 199. The highest BCUT2D eigenvalue weighted by Crippen LogP contribution is 2.31. The maximum atomic E-state index is 11.1. The summed E-state index contributed by atoms with van der Waals surface area (Å²) in [5.41, 5.74) is -0.777. The highest BCUT2D eigenvalue weighted by atomic mass is 16.4. The van der Waals surface area contributed by atoms with Crippen LogP contribution in [0.4, 0.5) is 0 Å². The Labute approximate surface area is 79.5 Å². The number of rotatable bonds is 2. The molecule has 0 bridgehead atoms. The lowest BCUT2D eigenvalue weighted by Crippen LogP contribution is -2.57. The number of aliphatic carboxylic acids is 1. The van der Waals surface area contributed by atoms with Crippen molar-refractivity contribution < 1.29 is 9.90 Å². The fraction of sp³-hybridized carbons (Fsp3) is 0.900. The Kier molecular flexibility index (Phi) is 2.66. The van der Waals surface area contributed by atoms with Crippen LogP contribution < -0.4 is 5.32 Å². The smallest absolute Gasteiger partial charge is 0.323 e. The Morgan fingerprint density at radius 2 is 1.77 bits per heavy atom. The molecule has 3 heteroatoms. The normalized spacial score (nSPS) is 21.8. The summed E-state index contributed by atoms with van der Waals surface area (Å²) < 4.78 is 0. The number of carbonyl (C=O) groups is 1. The highest BCUT2D eigenvalue weighted by Gasteiger charge is 2.43. The van der Waals surface area contributed by atoms with Crippen LogP contribution in [0.3, 0.4) is 0 Å². The lowest BCUT2D eigenvalue weighted by Gasteiger charge is -2.34. The largest absolute Gasteiger partial charge is 0.480 e. The van der Waals surface area contributed by atoms with Gasteiger partial charge in [0.15, 0.2) is 0 Å². The second kappa shape index (κ2) is 3.29. The zero-order valence-corrected chi connectivity index (χ0v) is 8.68. The molecule has 3 nitrogen and oxygen atoms in total. The van der Waals surface area contributed by atoms with Gasteiger partial charge in [0.2, 0.25) is 0 Å². The van der Waals surface area contributed by atoms with Gasteiger partial charge >= 0.3 is 5.97 Å². The third-order valence-corrected chi connectivity index (χ3v) is 2.48. The molecule has 0 amide bonds. The number of nitrogens with one attached hydrogen (secondary N) is 1. The lowest BCUT2D eigenvalue weighted by atomic mass is 9.93. The quantitative estimate of drug-likeness (QED) is 0.689. The van der Waals surface area contributed by atoms with Gasteiger partial charge in [-0.3, -0.25) is 10.1 Å². The van der Waals surface area contributed by atoms with Crippen molar-refractivity contribution in [3.05, 3.63) is 0 Å². The SMILES string of the molecule is CC(C)(C)NC1(C(=O)O)CCCC1. The number of hydrogen-bond donors (Lipinski definition) is 2. The lowest BCUT2D eigenvalue weighted by molar-refractivity contribution is -0.145. The van der Waals surface area contributed by atoms with Crippen molar-refractivity contribution in [2.24, 2.45) is 0 Å². The van der Waals surface area contributed by atoms with Gasteiger partial charge in [0.25, 0.3) is 0 Å². The molecule has 76 valence electrons. The first-order valence-corrected chi connectivity index (χ1v) is 4.88. The summed E-state index contributed by atoms with van der Waals surface area (Å²) >= 11 is 0. The maximum Gasteiger partial charge on any atom is 0.323 e. The number of carboxylic acid groups (broad SMARTS) is 1. The van der Waals surface area contributed by atoms with E-state index in [2.05, 4.69) is 5.32 Å². The molecule has 2 N–H and O–H groups in total. The van der Waals surface area contributed by atoms with Crippen LogP contribution in [-0.4, -0.2) is 22.2 Å². The topological polar surface area (TPSA) is 49.3 Å². The molecular formula is C10H19NO2. The van der Waals surface area contributed by atoms with E-state index in [0.717, 1.165) is 25.7 Å². The minimum Gasteiger partial charge on any atom is -0.480 e. The molecular weight excluding hydrogens is 166 g/mol. The molecule has 0 radical (unpaired) electrons. The minimum atomic E-state index is -0.695. The molecule has 0 heterocycles. The fourth-order valence-corrected chi connectivity index (χ4v) is 2.09. The molecule has 13 heavy (non-hydrogen) atoms. The summed E-state index contributed by atoms with van der Waals surface area (Å²) in [5.74, 6) is -0.695. The van der Waals surface area contributed by atoms with Gasteiger partial charge in [0.05, 0.1) is 0 Å². The van der Waals surface area contributed by atoms with Crippen LogP contribution in [0.5, 0.6) is 0 Å². The maximum absolute atomic E-state index is 11.1. The third kappa shape index (κ3) is 2.44. The van der Waals surface area contributed by atoms with Gasteiger partial charge in [0, 0.05) is 5.54 Å². The first-order valence-electron chi connectivity index (χ1n) is 4.88. The number of carboxylic acids is 1. The van der Waals surface area contributed by atoms with E-state index >= 15 is 0 Å². The van der Waals surface area contributed by atoms with Crippen LogP contribution >= 0.6 is 0 Å². The van der Waals surface area contributed by atoms with E-state index in [1.54, 1.807) is 0 Å². The Balaban J connectivity index is 2.74. The molecule has 1 saturated carbocycles. The van der Waals surface area contributed by atoms with E-state index < -0.39 is 11.5 Å². The Morgan fingerprint density at radius 3 is 2.08 bits per heavy atom. The van der Waals surface area contributed by atoms with Crippen molar-refractivity contribution >= 4 is 5.97 Å². The predicted octanol–water partition coefficient (Wildman–Crippen LogP) is 1.77. The van der Waals surface area contributed by atoms with Gasteiger partial charge in [-0.2, -0.15) is 0 Å². The Hall–Kier alpha value is -0.570. The second-order valence-corrected chi connectivity index (χ2v) is 4.97. The van der Waals surface area contributed by atoms with Crippen LogP contribution in [0.25, 0.3) is 0 Å². The van der Waals surface area contributed by atoms with Crippen molar-refractivity contribution in [1.29, 1.82) is 0 Å². The van der Waals surface area contributed by atoms with Crippen molar-refractivity contribution in [1.82, 2.24) is 5.32 Å². The summed E-state index contributed by atoms with van der Waals surface area (Å²) in [7, 11) is 0. The van der Waals surface area contributed by atoms with Crippen LogP contribution in [0.2, 0.25) is 0 Å². The zero-order valence-electron chi connectivity index (χ0n) is 8.68.